The number of H-pyrrole nitrogens is 1. The summed E-state index contributed by atoms with van der Waals surface area (Å²) < 4.78 is 0. The highest BCUT2D eigenvalue weighted by Crippen LogP contribution is 1.96. The van der Waals surface area contributed by atoms with Crippen LogP contribution in [0.5, 0.6) is 0 Å². The first-order valence-corrected chi connectivity index (χ1v) is 4.83. The van der Waals surface area contributed by atoms with Crippen molar-refractivity contribution in [3.8, 4) is 0 Å². The van der Waals surface area contributed by atoms with Gasteiger partial charge in [0.05, 0.1) is 6.10 Å². The maximum atomic E-state index is 11.4. The van der Waals surface area contributed by atoms with E-state index in [0.29, 0.717) is 18.7 Å². The molecule has 1 unspecified atom stereocenters. The Morgan fingerprint density at radius 2 is 2.50 bits per heavy atom. The second-order valence-corrected chi connectivity index (χ2v) is 3.24. The molecule has 0 saturated heterocycles. The van der Waals surface area contributed by atoms with Gasteiger partial charge in [0.1, 0.15) is 5.69 Å². The summed E-state index contributed by atoms with van der Waals surface area (Å²) in [5, 5.41) is 12.0. The number of aromatic nitrogens is 1. The summed E-state index contributed by atoms with van der Waals surface area (Å²) in [7, 11) is 0. The fraction of sp³-hybridized carbons (Fsp3) is 0.500. The Bertz CT molecular complexity index is 270. The monoisotopic (exact) mass is 196 g/mol. The third-order valence-corrected chi connectivity index (χ3v) is 1.96. The van der Waals surface area contributed by atoms with Crippen molar-refractivity contribution >= 4 is 5.91 Å². The van der Waals surface area contributed by atoms with Gasteiger partial charge in [0.15, 0.2) is 0 Å². The van der Waals surface area contributed by atoms with E-state index in [9.17, 15) is 9.90 Å². The number of carbonyl (C=O) groups is 1. The molecule has 1 aromatic rings. The molecule has 0 radical (unpaired) electrons. The van der Waals surface area contributed by atoms with Crippen LogP contribution >= 0.6 is 0 Å². The lowest BCUT2D eigenvalue weighted by molar-refractivity contribution is 0.0906. The van der Waals surface area contributed by atoms with Crippen molar-refractivity contribution in [3.05, 3.63) is 24.0 Å². The lowest BCUT2D eigenvalue weighted by atomic mass is 10.2. The third kappa shape index (κ3) is 3.22. The van der Waals surface area contributed by atoms with Gasteiger partial charge in [0.2, 0.25) is 0 Å². The van der Waals surface area contributed by atoms with Crippen LogP contribution in [0.3, 0.4) is 0 Å². The number of carbonyl (C=O) groups excluding carboxylic acids is 1. The summed E-state index contributed by atoms with van der Waals surface area (Å²) in [5.41, 5.74) is 0.522. The standard InChI is InChI=1S/C10H16N2O2/c1-2-4-8(13)7-12-10(14)9-5-3-6-11-9/h3,5-6,8,11,13H,2,4,7H2,1H3,(H,12,14). The first-order valence-electron chi connectivity index (χ1n) is 4.83. The summed E-state index contributed by atoms with van der Waals surface area (Å²) in [4.78, 5) is 14.2. The lowest BCUT2D eigenvalue weighted by Crippen LogP contribution is -2.32. The molecule has 4 heteroatoms. The molecule has 0 aliphatic rings. The molecule has 0 aliphatic heterocycles. The Kier molecular flexibility index (Phi) is 4.19. The van der Waals surface area contributed by atoms with Crippen molar-refractivity contribution in [3.63, 3.8) is 0 Å². The van der Waals surface area contributed by atoms with Crippen molar-refractivity contribution < 1.29 is 9.90 Å². The van der Waals surface area contributed by atoms with E-state index in [1.807, 2.05) is 6.92 Å². The summed E-state index contributed by atoms with van der Waals surface area (Å²) in [6.45, 7) is 2.31. The number of aliphatic hydroxyl groups excluding tert-OH is 1. The molecular weight excluding hydrogens is 180 g/mol. The second kappa shape index (κ2) is 5.44. The van der Waals surface area contributed by atoms with E-state index >= 15 is 0 Å². The molecule has 0 fully saturated rings. The largest absolute Gasteiger partial charge is 0.391 e. The van der Waals surface area contributed by atoms with E-state index in [1.165, 1.54) is 0 Å². The molecule has 0 bridgehead atoms. The summed E-state index contributed by atoms with van der Waals surface area (Å²) in [6.07, 6.45) is 2.88. The first kappa shape index (κ1) is 10.8. The van der Waals surface area contributed by atoms with Crippen LogP contribution in [-0.4, -0.2) is 28.6 Å². The normalized spacial score (nSPS) is 12.4. The highest BCUT2D eigenvalue weighted by Gasteiger charge is 2.07. The summed E-state index contributed by atoms with van der Waals surface area (Å²) >= 11 is 0. The van der Waals surface area contributed by atoms with Gasteiger partial charge in [-0.25, -0.2) is 0 Å². The predicted molar refractivity (Wildman–Crippen MR) is 54.0 cm³/mol. The van der Waals surface area contributed by atoms with Gasteiger partial charge in [0.25, 0.3) is 5.91 Å². The molecule has 1 heterocycles. The quantitative estimate of drug-likeness (QED) is 0.655. The van der Waals surface area contributed by atoms with Crippen LogP contribution in [0.1, 0.15) is 30.3 Å². The summed E-state index contributed by atoms with van der Waals surface area (Å²) in [6, 6.07) is 3.46. The number of hydrogen-bond acceptors (Lipinski definition) is 2. The number of rotatable bonds is 5. The van der Waals surface area contributed by atoms with Gasteiger partial charge in [-0.1, -0.05) is 13.3 Å². The minimum atomic E-state index is -0.445. The predicted octanol–water partition coefficient (Wildman–Crippen LogP) is 0.906. The average molecular weight is 196 g/mol. The number of nitrogens with one attached hydrogen (secondary N) is 2. The van der Waals surface area contributed by atoms with E-state index in [-0.39, 0.29) is 5.91 Å². The van der Waals surface area contributed by atoms with Crippen molar-refractivity contribution in [2.75, 3.05) is 6.54 Å². The van der Waals surface area contributed by atoms with Crippen molar-refractivity contribution in [2.45, 2.75) is 25.9 Å². The molecule has 1 amide bonds. The molecule has 14 heavy (non-hydrogen) atoms. The zero-order valence-corrected chi connectivity index (χ0v) is 8.29. The van der Waals surface area contributed by atoms with Crippen molar-refractivity contribution in [1.29, 1.82) is 0 Å². The Balaban J connectivity index is 2.28. The number of aromatic amines is 1. The van der Waals surface area contributed by atoms with Gasteiger partial charge in [-0.2, -0.15) is 0 Å². The Morgan fingerprint density at radius 3 is 3.07 bits per heavy atom. The van der Waals surface area contributed by atoms with Crippen LogP contribution in [0.2, 0.25) is 0 Å². The Hall–Kier alpha value is -1.29. The smallest absolute Gasteiger partial charge is 0.267 e. The zero-order chi connectivity index (χ0) is 10.4. The molecule has 78 valence electrons. The Labute approximate surface area is 83.3 Å². The molecule has 3 N–H and O–H groups in total. The molecule has 1 aromatic heterocycles. The fourth-order valence-corrected chi connectivity index (χ4v) is 1.21. The number of amides is 1. The molecule has 0 aromatic carbocycles. The van der Waals surface area contributed by atoms with Crippen LogP contribution in [0.25, 0.3) is 0 Å². The molecule has 0 aliphatic carbocycles. The lowest BCUT2D eigenvalue weighted by Gasteiger charge is -2.09. The zero-order valence-electron chi connectivity index (χ0n) is 8.29. The van der Waals surface area contributed by atoms with Gasteiger partial charge in [-0.15, -0.1) is 0 Å². The third-order valence-electron chi connectivity index (χ3n) is 1.96. The maximum absolute atomic E-state index is 11.4. The fourth-order valence-electron chi connectivity index (χ4n) is 1.21. The van der Waals surface area contributed by atoms with Crippen LogP contribution in [0.15, 0.2) is 18.3 Å². The molecule has 0 spiro atoms. The van der Waals surface area contributed by atoms with Gasteiger partial charge in [-0.05, 0) is 18.6 Å². The minimum absolute atomic E-state index is 0.176. The van der Waals surface area contributed by atoms with Gasteiger partial charge < -0.3 is 15.4 Å². The van der Waals surface area contributed by atoms with Crippen LogP contribution in [0, 0.1) is 0 Å². The highest BCUT2D eigenvalue weighted by atomic mass is 16.3. The number of hydrogen-bond donors (Lipinski definition) is 3. The van der Waals surface area contributed by atoms with Crippen LogP contribution in [-0.2, 0) is 0 Å². The molecular formula is C10H16N2O2. The van der Waals surface area contributed by atoms with Crippen LogP contribution in [0.4, 0.5) is 0 Å². The number of aliphatic hydroxyl groups is 1. The first-order chi connectivity index (χ1) is 6.74. The molecule has 1 rings (SSSR count). The van der Waals surface area contributed by atoms with Crippen molar-refractivity contribution in [1.82, 2.24) is 10.3 Å². The maximum Gasteiger partial charge on any atom is 0.267 e. The van der Waals surface area contributed by atoms with Gasteiger partial charge in [0, 0.05) is 12.7 Å². The SMILES string of the molecule is CCCC(O)CNC(=O)c1ccc[nH]1. The summed E-state index contributed by atoms with van der Waals surface area (Å²) in [5.74, 6) is -0.176. The Morgan fingerprint density at radius 1 is 1.71 bits per heavy atom. The van der Waals surface area contributed by atoms with E-state index in [1.54, 1.807) is 18.3 Å². The van der Waals surface area contributed by atoms with Gasteiger partial charge in [-0.3, -0.25) is 4.79 Å². The van der Waals surface area contributed by atoms with Gasteiger partial charge >= 0.3 is 0 Å². The van der Waals surface area contributed by atoms with Crippen molar-refractivity contribution in [2.24, 2.45) is 0 Å². The van der Waals surface area contributed by atoms with Crippen LogP contribution < -0.4 is 5.32 Å². The topological polar surface area (TPSA) is 65.1 Å². The van der Waals surface area contributed by atoms with E-state index in [2.05, 4.69) is 10.3 Å². The van der Waals surface area contributed by atoms with E-state index < -0.39 is 6.10 Å². The minimum Gasteiger partial charge on any atom is -0.391 e. The van der Waals surface area contributed by atoms with E-state index in [4.69, 9.17) is 0 Å². The molecule has 1 atom stereocenters. The molecule has 4 nitrogen and oxygen atoms in total. The molecule has 0 saturated carbocycles. The second-order valence-electron chi connectivity index (χ2n) is 3.24. The van der Waals surface area contributed by atoms with E-state index in [0.717, 1.165) is 6.42 Å². The highest BCUT2D eigenvalue weighted by molar-refractivity contribution is 5.92. The average Bonchev–Trinajstić information content (AvgIpc) is 2.67.